The lowest BCUT2D eigenvalue weighted by Gasteiger charge is -2.31. The number of ether oxygens (including phenoxy) is 1. The van der Waals surface area contributed by atoms with Crippen LogP contribution < -0.4 is 16.0 Å². The number of alkyl halides is 2. The number of H-pyrrole nitrogens is 2. The van der Waals surface area contributed by atoms with Crippen LogP contribution in [0.3, 0.4) is 0 Å². The number of aromatic nitrogens is 4. The number of hydrogen-bond donors (Lipinski definition) is 6. The van der Waals surface area contributed by atoms with E-state index in [-0.39, 0.29) is 66.2 Å². The summed E-state index contributed by atoms with van der Waals surface area (Å²) in [5.41, 5.74) is 5.14. The average molecular weight is 819 g/mol. The van der Waals surface area contributed by atoms with Crippen LogP contribution in [0, 0.1) is 11.8 Å². The highest BCUT2D eigenvalue weighted by molar-refractivity contribution is 5.88. The first-order valence-electron chi connectivity index (χ1n) is 17.9. The smallest absolute Gasteiger partial charge is 0.405 e. The summed E-state index contributed by atoms with van der Waals surface area (Å²) in [4.78, 5) is 41.0. The van der Waals surface area contributed by atoms with Gasteiger partial charge in [0.1, 0.15) is 17.7 Å². The summed E-state index contributed by atoms with van der Waals surface area (Å²) in [6, 6.07) is 14.7. The van der Waals surface area contributed by atoms with E-state index in [2.05, 4.69) is 30.9 Å². The number of imidazole rings is 2. The van der Waals surface area contributed by atoms with Crippen molar-refractivity contribution in [2.24, 2.45) is 11.8 Å². The van der Waals surface area contributed by atoms with E-state index in [0.29, 0.717) is 59.8 Å². The molecule has 16 heteroatoms. The Kier molecular flexibility index (Phi) is 12.8. The largest absolute Gasteiger partial charge is 0.465 e. The van der Waals surface area contributed by atoms with Crippen molar-refractivity contribution < 1.29 is 28.2 Å². The molecule has 0 bridgehead atoms. The molecule has 6 N–H and O–H groups in total. The fourth-order valence-corrected chi connectivity index (χ4v) is 7.88. The zero-order chi connectivity index (χ0) is 36.1. The average Bonchev–Trinajstić information content (AvgIpc) is 3.96. The van der Waals surface area contributed by atoms with Gasteiger partial charge in [-0.3, -0.25) is 4.79 Å². The third kappa shape index (κ3) is 8.04. The molecule has 1 aliphatic carbocycles. The van der Waals surface area contributed by atoms with E-state index >= 15 is 8.78 Å². The molecular weight excluding hydrogens is 775 g/mol. The molecule has 0 saturated carbocycles. The lowest BCUT2D eigenvalue weighted by molar-refractivity contribution is -0.126. The Morgan fingerprint density at radius 3 is 2.20 bits per heavy atom. The minimum atomic E-state index is -3.23. The van der Waals surface area contributed by atoms with Gasteiger partial charge < -0.3 is 35.8 Å². The number of aromatic amines is 2. The molecular formula is C39H44Cl3F2N7O4. The predicted molar refractivity (Wildman–Crippen MR) is 213 cm³/mol. The van der Waals surface area contributed by atoms with E-state index in [1.807, 2.05) is 38.1 Å². The molecule has 2 amide bonds. The molecule has 55 heavy (non-hydrogen) atoms. The van der Waals surface area contributed by atoms with Crippen LogP contribution in [0.15, 0.2) is 60.8 Å². The van der Waals surface area contributed by atoms with Crippen LogP contribution in [0.2, 0.25) is 0 Å². The number of carbonyl (C=O) groups excluding carboxylic acids is 1. The van der Waals surface area contributed by atoms with Crippen LogP contribution in [0.4, 0.5) is 13.6 Å². The topological polar surface area (TPSA) is 157 Å². The lowest BCUT2D eigenvalue weighted by Crippen LogP contribution is -2.53. The van der Waals surface area contributed by atoms with Crippen molar-refractivity contribution in [2.75, 3.05) is 19.8 Å². The number of rotatable bonds is 9. The van der Waals surface area contributed by atoms with E-state index in [0.717, 1.165) is 41.8 Å². The summed E-state index contributed by atoms with van der Waals surface area (Å²) in [7, 11) is 0. The molecule has 3 aromatic carbocycles. The van der Waals surface area contributed by atoms with Crippen molar-refractivity contribution in [3.8, 4) is 33.5 Å². The molecule has 2 fully saturated rings. The van der Waals surface area contributed by atoms with Gasteiger partial charge >= 0.3 is 6.09 Å². The Morgan fingerprint density at radius 2 is 1.55 bits per heavy atom. The highest BCUT2D eigenvalue weighted by atomic mass is 35.5. The van der Waals surface area contributed by atoms with Crippen LogP contribution in [0.5, 0.6) is 0 Å². The molecule has 2 aromatic heterocycles. The van der Waals surface area contributed by atoms with Crippen LogP contribution in [0.1, 0.15) is 74.4 Å². The number of hydrogen-bond acceptors (Lipinski definition) is 6. The van der Waals surface area contributed by atoms with E-state index in [1.54, 1.807) is 30.5 Å². The molecule has 3 atom stereocenters. The maximum Gasteiger partial charge on any atom is 0.405 e. The number of halogens is 5. The summed E-state index contributed by atoms with van der Waals surface area (Å²) >= 11 is 0. The van der Waals surface area contributed by atoms with Crippen LogP contribution in [0.25, 0.3) is 44.5 Å². The number of carbonyl (C=O) groups is 2. The molecule has 0 radical (unpaired) electrons. The molecule has 2 saturated heterocycles. The van der Waals surface area contributed by atoms with Crippen LogP contribution in [-0.2, 0) is 15.5 Å². The normalized spacial score (nSPS) is 18.3. The number of amides is 2. The number of benzene rings is 3. The standard InChI is InChI=1S/C39H41F2N7O4.3ClH/c1-20(2)33(47-37(49)34(48-38(50)51)21-11-14-52-15-12-21)36-43-19-32(46-36)24-6-9-26-25-8-5-22(16-27(25)39(40,41)28(26)17-24)23-7-10-29-31(18-23)45-35(44-29)30-4-3-13-42-30;;;/h5-10,16-21,30,33-34,42,48H,3-4,11-15H2,1-2H3,(H,43,46)(H,44,45)(H,47,49)(H,50,51);3*1H/t30-,33-,34-;;;/m0.../s1. The number of nitrogens with zero attached hydrogens (tertiary/aromatic N) is 2. The van der Waals surface area contributed by atoms with Crippen LogP contribution >= 0.6 is 37.2 Å². The molecule has 3 aliphatic rings. The molecule has 8 rings (SSSR count). The quantitative estimate of drug-likeness (QED) is 0.0874. The Labute approximate surface area is 335 Å². The molecule has 0 spiro atoms. The highest BCUT2D eigenvalue weighted by Crippen LogP contribution is 2.52. The van der Waals surface area contributed by atoms with Gasteiger partial charge in [-0.25, -0.2) is 14.8 Å². The van der Waals surface area contributed by atoms with E-state index < -0.39 is 30.0 Å². The van der Waals surface area contributed by atoms with Crippen molar-refractivity contribution in [3.05, 3.63) is 83.6 Å². The van der Waals surface area contributed by atoms with Gasteiger partial charge in [0, 0.05) is 29.9 Å². The lowest BCUT2D eigenvalue weighted by atomic mass is 9.90. The molecule has 0 unspecified atom stereocenters. The second kappa shape index (κ2) is 16.8. The number of fused-ring (bicyclic) bond motifs is 4. The third-order valence-electron chi connectivity index (χ3n) is 10.7. The summed E-state index contributed by atoms with van der Waals surface area (Å²) in [5.74, 6) is -2.65. The van der Waals surface area contributed by atoms with Crippen molar-refractivity contribution in [1.82, 2.24) is 35.9 Å². The van der Waals surface area contributed by atoms with Gasteiger partial charge in [0.2, 0.25) is 5.91 Å². The minimum absolute atomic E-state index is 0. The zero-order valence-corrected chi connectivity index (χ0v) is 32.6. The molecule has 2 aliphatic heterocycles. The number of nitrogens with one attached hydrogen (secondary N) is 5. The molecule has 294 valence electrons. The second-order valence-electron chi connectivity index (χ2n) is 14.4. The van der Waals surface area contributed by atoms with Gasteiger partial charge in [-0.2, -0.15) is 8.78 Å². The number of carboxylic acid groups (broad SMARTS) is 1. The first kappa shape index (κ1) is 41.9. The molecule has 11 nitrogen and oxygen atoms in total. The maximum absolute atomic E-state index is 16.3. The Balaban J connectivity index is 0.00000193. The summed E-state index contributed by atoms with van der Waals surface area (Å²) in [6.07, 6.45) is 3.55. The maximum atomic E-state index is 16.3. The summed E-state index contributed by atoms with van der Waals surface area (Å²) in [5, 5.41) is 18.3. The Morgan fingerprint density at radius 1 is 0.891 bits per heavy atom. The third-order valence-corrected chi connectivity index (χ3v) is 10.7. The highest BCUT2D eigenvalue weighted by Gasteiger charge is 2.45. The summed E-state index contributed by atoms with van der Waals surface area (Å²) in [6.45, 7) is 5.72. The van der Waals surface area contributed by atoms with Gasteiger partial charge in [0.25, 0.3) is 5.92 Å². The monoisotopic (exact) mass is 817 g/mol. The van der Waals surface area contributed by atoms with E-state index in [9.17, 15) is 14.7 Å². The van der Waals surface area contributed by atoms with Crippen molar-refractivity contribution in [2.45, 2.75) is 63.6 Å². The molecule has 5 aromatic rings. The summed E-state index contributed by atoms with van der Waals surface area (Å²) < 4.78 is 38.0. The first-order valence-corrected chi connectivity index (χ1v) is 17.9. The second-order valence-corrected chi connectivity index (χ2v) is 14.4. The van der Waals surface area contributed by atoms with Crippen molar-refractivity contribution >= 4 is 60.3 Å². The Hall–Kier alpha value is -4.27. The van der Waals surface area contributed by atoms with Gasteiger partial charge in [0.15, 0.2) is 0 Å². The van der Waals surface area contributed by atoms with Gasteiger partial charge in [-0.15, -0.1) is 37.2 Å². The Bertz CT molecular complexity index is 2170. The fourth-order valence-electron chi connectivity index (χ4n) is 7.88. The van der Waals surface area contributed by atoms with Crippen molar-refractivity contribution in [1.29, 1.82) is 0 Å². The van der Waals surface area contributed by atoms with Gasteiger partial charge in [0.05, 0.1) is 35.0 Å². The van der Waals surface area contributed by atoms with Gasteiger partial charge in [-0.05, 0) is 90.6 Å². The molecule has 4 heterocycles. The minimum Gasteiger partial charge on any atom is -0.465 e. The van der Waals surface area contributed by atoms with Crippen molar-refractivity contribution in [3.63, 3.8) is 0 Å². The van der Waals surface area contributed by atoms with E-state index in [4.69, 9.17) is 9.72 Å². The zero-order valence-electron chi connectivity index (χ0n) is 30.2. The van der Waals surface area contributed by atoms with E-state index in [1.165, 1.54) is 6.07 Å². The predicted octanol–water partition coefficient (Wildman–Crippen LogP) is 8.31. The van der Waals surface area contributed by atoms with Crippen LogP contribution in [-0.4, -0.2) is 62.8 Å². The fraction of sp³-hybridized carbons (Fsp3) is 0.385. The van der Waals surface area contributed by atoms with Gasteiger partial charge in [-0.1, -0.05) is 44.2 Å². The SMILES string of the molecule is CC(C)[C@H](NC(=O)[C@@H](NC(=O)O)C1CCOCC1)c1ncc(-c2ccc3c(c2)C(F)(F)c2cc(-c4ccc5nc([C@@H]6CCCN6)[nH]c5c4)ccc2-3)[nH]1.Cl.Cl.Cl. The first-order chi connectivity index (χ1) is 25.1.